The number of pyridine rings is 4. The van der Waals surface area contributed by atoms with Gasteiger partial charge in [-0.1, -0.05) is 41.4 Å². The van der Waals surface area contributed by atoms with Crippen LogP contribution in [-0.4, -0.2) is 31.8 Å². The lowest BCUT2D eigenvalue weighted by Gasteiger charge is -2.10. The van der Waals surface area contributed by atoms with E-state index in [1.54, 1.807) is 91.3 Å². The number of anilines is 2. The number of carbonyl (C=O) groups excluding carboxylic acids is 2. The van der Waals surface area contributed by atoms with Gasteiger partial charge in [0.2, 0.25) is 11.8 Å². The zero-order chi connectivity index (χ0) is 33.5. The van der Waals surface area contributed by atoms with Crippen LogP contribution in [-0.2, 0) is 6.42 Å². The lowest BCUT2D eigenvalue weighted by atomic mass is 10.1. The van der Waals surface area contributed by atoms with E-state index in [9.17, 15) is 9.59 Å². The van der Waals surface area contributed by atoms with Crippen LogP contribution in [0, 0.1) is 13.8 Å². The summed E-state index contributed by atoms with van der Waals surface area (Å²) in [7, 11) is 0. The monoisotopic (exact) mass is 656 g/mol. The number of aromatic nitrogens is 4. The van der Waals surface area contributed by atoms with Crippen molar-refractivity contribution in [1.29, 1.82) is 0 Å². The van der Waals surface area contributed by atoms with Crippen molar-refractivity contribution in [3.8, 4) is 23.3 Å². The number of amides is 2. The molecule has 0 unspecified atom stereocenters. The second-order valence-electron chi connectivity index (χ2n) is 10.8. The fourth-order valence-electron chi connectivity index (χ4n) is 4.67. The molecule has 0 radical (unpaired) electrons. The highest BCUT2D eigenvalue weighted by Crippen LogP contribution is 2.24. The largest absolute Gasteiger partial charge is 0.437 e. The third kappa shape index (κ3) is 8.56. The van der Waals surface area contributed by atoms with E-state index < -0.39 is 0 Å². The Morgan fingerprint density at radius 1 is 0.667 bits per heavy atom. The van der Waals surface area contributed by atoms with Gasteiger partial charge in [0.25, 0.3) is 11.8 Å². The van der Waals surface area contributed by atoms with Gasteiger partial charge in [0.05, 0.1) is 12.4 Å². The Hall–Kier alpha value is -6.13. The van der Waals surface area contributed by atoms with Gasteiger partial charge in [-0.2, -0.15) is 9.97 Å². The van der Waals surface area contributed by atoms with Crippen LogP contribution in [0.2, 0.25) is 5.02 Å². The van der Waals surface area contributed by atoms with Gasteiger partial charge >= 0.3 is 0 Å². The summed E-state index contributed by atoms with van der Waals surface area (Å²) in [6.45, 7) is 3.82. The Kier molecular flexibility index (Phi) is 9.64. The summed E-state index contributed by atoms with van der Waals surface area (Å²) in [6.07, 6.45) is 3.62. The van der Waals surface area contributed by atoms with Crippen molar-refractivity contribution in [3.05, 3.63) is 154 Å². The molecule has 0 aliphatic heterocycles. The van der Waals surface area contributed by atoms with E-state index in [1.165, 1.54) is 0 Å². The molecule has 238 valence electrons. The van der Waals surface area contributed by atoms with Gasteiger partial charge in [-0.05, 0) is 86.1 Å². The summed E-state index contributed by atoms with van der Waals surface area (Å²) in [6, 6.07) is 29.9. The number of halogens is 1. The molecule has 0 saturated heterocycles. The minimum Gasteiger partial charge on any atom is -0.437 e. The van der Waals surface area contributed by atoms with E-state index in [4.69, 9.17) is 21.1 Å². The minimum absolute atomic E-state index is 0.261. The molecule has 2 aromatic carbocycles. The predicted octanol–water partition coefficient (Wildman–Crippen LogP) is 8.22. The maximum absolute atomic E-state index is 13.1. The van der Waals surface area contributed by atoms with Crippen LogP contribution < -0.4 is 20.1 Å². The minimum atomic E-state index is -0.373. The van der Waals surface area contributed by atoms with Crippen LogP contribution in [0.15, 0.2) is 116 Å². The smallest absolute Gasteiger partial charge is 0.256 e. The number of aryl methyl sites for hydroxylation is 2. The topological polar surface area (TPSA) is 128 Å². The Morgan fingerprint density at radius 2 is 1.29 bits per heavy atom. The number of carbonyl (C=O) groups is 2. The van der Waals surface area contributed by atoms with Gasteiger partial charge in [0.1, 0.15) is 23.1 Å². The molecule has 6 aromatic rings. The lowest BCUT2D eigenvalue weighted by Crippen LogP contribution is -2.13. The van der Waals surface area contributed by atoms with Crippen molar-refractivity contribution in [2.45, 2.75) is 20.3 Å². The quantitative estimate of drug-likeness (QED) is 0.151. The zero-order valence-corrected chi connectivity index (χ0v) is 26.7. The van der Waals surface area contributed by atoms with Crippen molar-refractivity contribution >= 4 is 35.1 Å². The molecule has 2 amide bonds. The SMILES string of the molecule is Cc1cccc(C(=O)Nc2cccc(Oc3ccc(Cc4cc(Cl)cc(C(=O)Nc5cccc(Oc6ccc(C)nc6)n5)c4)nc3)n2)c1. The van der Waals surface area contributed by atoms with E-state index in [2.05, 4.69) is 30.6 Å². The average Bonchev–Trinajstić information content (AvgIpc) is 3.07. The third-order valence-corrected chi connectivity index (χ3v) is 7.16. The molecule has 11 heteroatoms. The molecule has 0 atom stereocenters. The molecule has 0 saturated carbocycles. The van der Waals surface area contributed by atoms with Gasteiger partial charge in [-0.25, -0.2) is 0 Å². The molecule has 0 spiro atoms. The third-order valence-electron chi connectivity index (χ3n) is 6.94. The van der Waals surface area contributed by atoms with Gasteiger partial charge in [-0.3, -0.25) is 19.6 Å². The van der Waals surface area contributed by atoms with E-state index in [1.807, 2.05) is 38.1 Å². The summed E-state index contributed by atoms with van der Waals surface area (Å²) in [5, 5.41) is 6.01. The Morgan fingerprint density at radius 3 is 1.90 bits per heavy atom. The molecule has 4 aromatic heterocycles. The first-order chi connectivity index (χ1) is 23.3. The molecule has 0 bridgehead atoms. The molecule has 0 aliphatic carbocycles. The van der Waals surface area contributed by atoms with Crippen molar-refractivity contribution in [1.82, 2.24) is 19.9 Å². The number of benzene rings is 2. The summed E-state index contributed by atoms with van der Waals surface area (Å²) in [5.74, 6) is 1.68. The zero-order valence-electron chi connectivity index (χ0n) is 26.0. The first kappa shape index (κ1) is 31.8. The van der Waals surface area contributed by atoms with Crippen LogP contribution in [0.1, 0.15) is 43.2 Å². The molecule has 0 fully saturated rings. The lowest BCUT2D eigenvalue weighted by molar-refractivity contribution is 0.101. The predicted molar refractivity (Wildman–Crippen MR) is 183 cm³/mol. The van der Waals surface area contributed by atoms with Gasteiger partial charge < -0.3 is 20.1 Å². The fraction of sp³-hybridized carbons (Fsp3) is 0.0811. The summed E-state index contributed by atoms with van der Waals surface area (Å²) in [5.41, 5.74) is 4.30. The normalized spacial score (nSPS) is 10.6. The van der Waals surface area contributed by atoms with Crippen LogP contribution in [0.4, 0.5) is 11.6 Å². The Labute approximate surface area is 281 Å². The van der Waals surface area contributed by atoms with E-state index in [0.29, 0.717) is 57.5 Å². The highest BCUT2D eigenvalue weighted by atomic mass is 35.5. The van der Waals surface area contributed by atoms with Crippen LogP contribution in [0.3, 0.4) is 0 Å². The number of hydrogen-bond donors (Lipinski definition) is 2. The standard InChI is InChI=1S/C37H29ClN6O4/c1-23-6-3-7-26(16-23)36(45)43-32-8-4-11-35(41-32)48-31-15-13-29(40-22-31)19-25-17-27(20-28(38)18-25)37(46)44-33-9-5-10-34(42-33)47-30-14-12-24(2)39-21-30/h3-18,20-22H,19H2,1-2H3,(H,41,43,45)(H,42,44,46). The second kappa shape index (κ2) is 14.5. The Bertz CT molecular complexity index is 2090. The second-order valence-corrected chi connectivity index (χ2v) is 11.3. The Balaban J connectivity index is 1.07. The maximum Gasteiger partial charge on any atom is 0.256 e. The molecular formula is C37H29ClN6O4. The van der Waals surface area contributed by atoms with Crippen molar-refractivity contribution in [2.24, 2.45) is 0 Å². The number of rotatable bonds is 10. The first-order valence-electron chi connectivity index (χ1n) is 14.9. The fourth-order valence-corrected chi connectivity index (χ4v) is 4.93. The van der Waals surface area contributed by atoms with Crippen LogP contribution in [0.5, 0.6) is 23.3 Å². The number of nitrogens with one attached hydrogen (secondary N) is 2. The number of hydrogen-bond acceptors (Lipinski definition) is 8. The number of ether oxygens (including phenoxy) is 2. The molecule has 2 N–H and O–H groups in total. The average molecular weight is 657 g/mol. The molecule has 4 heterocycles. The summed E-state index contributed by atoms with van der Waals surface area (Å²) in [4.78, 5) is 43.3. The number of nitrogens with zero attached hydrogens (tertiary/aromatic N) is 4. The van der Waals surface area contributed by atoms with Crippen molar-refractivity contribution in [2.75, 3.05) is 10.6 Å². The van der Waals surface area contributed by atoms with Gasteiger partial charge in [-0.15, -0.1) is 0 Å². The molecule has 6 rings (SSSR count). The molecular weight excluding hydrogens is 628 g/mol. The highest BCUT2D eigenvalue weighted by molar-refractivity contribution is 6.31. The van der Waals surface area contributed by atoms with Gasteiger partial charge in [0, 0.05) is 46.1 Å². The van der Waals surface area contributed by atoms with E-state index in [-0.39, 0.29) is 11.8 Å². The van der Waals surface area contributed by atoms with Crippen molar-refractivity contribution < 1.29 is 19.1 Å². The maximum atomic E-state index is 13.1. The first-order valence-corrected chi connectivity index (χ1v) is 15.3. The highest BCUT2D eigenvalue weighted by Gasteiger charge is 2.13. The van der Waals surface area contributed by atoms with Crippen LogP contribution in [0.25, 0.3) is 0 Å². The van der Waals surface area contributed by atoms with Gasteiger partial charge in [0.15, 0.2) is 0 Å². The van der Waals surface area contributed by atoms with Crippen LogP contribution >= 0.6 is 11.6 Å². The summed E-state index contributed by atoms with van der Waals surface area (Å²) >= 11 is 6.40. The molecule has 10 nitrogen and oxygen atoms in total. The van der Waals surface area contributed by atoms with E-state index >= 15 is 0 Å². The molecule has 48 heavy (non-hydrogen) atoms. The molecule has 0 aliphatic rings. The van der Waals surface area contributed by atoms with E-state index in [0.717, 1.165) is 22.5 Å². The summed E-state index contributed by atoms with van der Waals surface area (Å²) < 4.78 is 11.7. The van der Waals surface area contributed by atoms with Crippen molar-refractivity contribution in [3.63, 3.8) is 0 Å².